The van der Waals surface area contributed by atoms with Crippen LogP contribution >= 0.6 is 0 Å². The van der Waals surface area contributed by atoms with Gasteiger partial charge in [-0.1, -0.05) is 12.1 Å². The van der Waals surface area contributed by atoms with E-state index in [1.165, 1.54) is 35.4 Å². The molecule has 6 heteroatoms. The molecule has 0 amide bonds. The molecule has 0 saturated heterocycles. The SMILES string of the molecule is O=c1c(Oc2cccc(C3CC3)c2)c[nH]c2ncnn12. The molecule has 1 fully saturated rings. The Balaban J connectivity index is 1.71. The standard InChI is InChI=1S/C14H12N4O2/c19-13-12(7-15-14-16-8-17-18(13)14)20-11-3-1-2-10(6-11)9-4-5-9/h1-3,6-9H,4-5H2,(H,15,16,17). The molecule has 2 aromatic heterocycles. The van der Waals surface area contributed by atoms with Crippen molar-refractivity contribution in [2.45, 2.75) is 18.8 Å². The molecular formula is C14H12N4O2. The zero-order valence-corrected chi connectivity index (χ0v) is 10.6. The Labute approximate surface area is 114 Å². The largest absolute Gasteiger partial charge is 0.450 e. The molecule has 6 nitrogen and oxygen atoms in total. The highest BCUT2D eigenvalue weighted by molar-refractivity contribution is 5.36. The van der Waals surface area contributed by atoms with E-state index in [4.69, 9.17) is 4.74 Å². The maximum absolute atomic E-state index is 12.1. The van der Waals surface area contributed by atoms with Crippen LogP contribution in [0.15, 0.2) is 41.6 Å². The van der Waals surface area contributed by atoms with E-state index >= 15 is 0 Å². The molecule has 0 bridgehead atoms. The summed E-state index contributed by atoms with van der Waals surface area (Å²) in [6, 6.07) is 7.88. The number of nitrogens with zero attached hydrogens (tertiary/aromatic N) is 3. The molecule has 0 radical (unpaired) electrons. The molecule has 1 N–H and O–H groups in total. The predicted molar refractivity (Wildman–Crippen MR) is 72.1 cm³/mol. The Hall–Kier alpha value is -2.63. The minimum absolute atomic E-state index is 0.205. The summed E-state index contributed by atoms with van der Waals surface area (Å²) in [5.41, 5.74) is 0.939. The van der Waals surface area contributed by atoms with Crippen molar-refractivity contribution >= 4 is 5.78 Å². The smallest absolute Gasteiger partial charge is 0.318 e. The van der Waals surface area contributed by atoms with Gasteiger partial charge in [0.2, 0.25) is 11.5 Å². The summed E-state index contributed by atoms with van der Waals surface area (Å²) in [4.78, 5) is 18.9. The topological polar surface area (TPSA) is 72.3 Å². The number of nitrogens with one attached hydrogen (secondary N) is 1. The van der Waals surface area contributed by atoms with Crippen LogP contribution in [-0.4, -0.2) is 19.6 Å². The molecule has 0 spiro atoms. The first-order chi connectivity index (χ1) is 9.81. The maximum Gasteiger partial charge on any atom is 0.318 e. The van der Waals surface area contributed by atoms with Gasteiger partial charge in [-0.25, -0.2) is 0 Å². The van der Waals surface area contributed by atoms with Gasteiger partial charge in [0.05, 0.1) is 6.20 Å². The van der Waals surface area contributed by atoms with E-state index in [1.807, 2.05) is 18.2 Å². The molecule has 1 saturated carbocycles. The van der Waals surface area contributed by atoms with E-state index in [0.717, 1.165) is 0 Å². The molecule has 0 atom stereocenters. The molecule has 20 heavy (non-hydrogen) atoms. The molecule has 0 unspecified atom stereocenters. The van der Waals surface area contributed by atoms with Crippen molar-refractivity contribution in [3.05, 3.63) is 52.7 Å². The van der Waals surface area contributed by atoms with Crippen LogP contribution in [0.5, 0.6) is 11.5 Å². The zero-order chi connectivity index (χ0) is 13.5. The van der Waals surface area contributed by atoms with E-state index < -0.39 is 0 Å². The predicted octanol–water partition coefficient (Wildman–Crippen LogP) is 2.09. The van der Waals surface area contributed by atoms with Crippen LogP contribution in [-0.2, 0) is 0 Å². The van der Waals surface area contributed by atoms with Gasteiger partial charge in [-0.15, -0.1) is 5.10 Å². The lowest BCUT2D eigenvalue weighted by Crippen LogP contribution is -2.16. The second-order valence-corrected chi connectivity index (χ2v) is 4.90. The highest BCUT2D eigenvalue weighted by Gasteiger charge is 2.23. The molecule has 1 aliphatic carbocycles. The summed E-state index contributed by atoms with van der Waals surface area (Å²) in [6.07, 6.45) is 5.30. The fourth-order valence-corrected chi connectivity index (χ4v) is 2.23. The van der Waals surface area contributed by atoms with Crippen LogP contribution in [0, 0.1) is 0 Å². The van der Waals surface area contributed by atoms with Crippen molar-refractivity contribution in [3.63, 3.8) is 0 Å². The lowest BCUT2D eigenvalue weighted by atomic mass is 10.1. The Morgan fingerprint density at radius 3 is 3.10 bits per heavy atom. The summed E-state index contributed by atoms with van der Waals surface area (Å²) >= 11 is 0. The number of hydrogen-bond donors (Lipinski definition) is 1. The number of fused-ring (bicyclic) bond motifs is 1. The average molecular weight is 268 g/mol. The molecular weight excluding hydrogens is 256 g/mol. The van der Waals surface area contributed by atoms with E-state index in [1.54, 1.807) is 0 Å². The minimum atomic E-state index is -0.326. The zero-order valence-electron chi connectivity index (χ0n) is 10.6. The number of aromatic amines is 1. The van der Waals surface area contributed by atoms with Crippen molar-refractivity contribution in [1.82, 2.24) is 19.6 Å². The normalized spacial score (nSPS) is 14.6. The Morgan fingerprint density at radius 2 is 2.25 bits per heavy atom. The van der Waals surface area contributed by atoms with Gasteiger partial charge in [0.25, 0.3) is 0 Å². The van der Waals surface area contributed by atoms with Crippen LogP contribution in [0.1, 0.15) is 24.3 Å². The summed E-state index contributed by atoms with van der Waals surface area (Å²) < 4.78 is 6.85. The molecule has 2 heterocycles. The van der Waals surface area contributed by atoms with Crippen molar-refractivity contribution in [3.8, 4) is 11.5 Å². The van der Waals surface area contributed by atoms with Crippen LogP contribution in [0.4, 0.5) is 0 Å². The van der Waals surface area contributed by atoms with Crippen LogP contribution in [0.25, 0.3) is 5.78 Å². The number of aromatic nitrogens is 4. The lowest BCUT2D eigenvalue weighted by molar-refractivity contribution is 0.468. The number of ether oxygens (including phenoxy) is 1. The third-order valence-corrected chi connectivity index (χ3v) is 3.42. The van der Waals surface area contributed by atoms with Crippen molar-refractivity contribution in [1.29, 1.82) is 0 Å². The van der Waals surface area contributed by atoms with Gasteiger partial charge < -0.3 is 9.72 Å². The van der Waals surface area contributed by atoms with Gasteiger partial charge in [0.15, 0.2) is 0 Å². The minimum Gasteiger partial charge on any atom is -0.450 e. The quantitative estimate of drug-likeness (QED) is 0.789. The second kappa shape index (κ2) is 4.19. The van der Waals surface area contributed by atoms with Crippen molar-refractivity contribution < 1.29 is 4.74 Å². The van der Waals surface area contributed by atoms with E-state index in [0.29, 0.717) is 17.4 Å². The van der Waals surface area contributed by atoms with Crippen molar-refractivity contribution in [2.75, 3.05) is 0 Å². The van der Waals surface area contributed by atoms with Crippen LogP contribution in [0.2, 0.25) is 0 Å². The first-order valence-electron chi connectivity index (χ1n) is 6.50. The third-order valence-electron chi connectivity index (χ3n) is 3.42. The summed E-state index contributed by atoms with van der Waals surface area (Å²) in [6.45, 7) is 0. The second-order valence-electron chi connectivity index (χ2n) is 4.90. The maximum atomic E-state index is 12.1. The molecule has 0 aliphatic heterocycles. The summed E-state index contributed by atoms with van der Waals surface area (Å²) in [5.74, 6) is 1.92. The number of rotatable bonds is 3. The van der Waals surface area contributed by atoms with Gasteiger partial charge in [0.1, 0.15) is 12.1 Å². The fourth-order valence-electron chi connectivity index (χ4n) is 2.23. The molecule has 3 aromatic rings. The van der Waals surface area contributed by atoms with Gasteiger partial charge in [-0.05, 0) is 36.5 Å². The average Bonchev–Trinajstić information content (AvgIpc) is 3.21. The number of hydrogen-bond acceptors (Lipinski definition) is 4. The third kappa shape index (κ3) is 1.85. The first-order valence-corrected chi connectivity index (χ1v) is 6.50. The van der Waals surface area contributed by atoms with Gasteiger partial charge in [-0.3, -0.25) is 4.79 Å². The van der Waals surface area contributed by atoms with Gasteiger partial charge >= 0.3 is 5.56 Å². The van der Waals surface area contributed by atoms with Gasteiger partial charge in [0, 0.05) is 0 Å². The molecule has 100 valence electrons. The number of benzene rings is 1. The Morgan fingerprint density at radius 1 is 1.35 bits per heavy atom. The summed E-state index contributed by atoms with van der Waals surface area (Å²) in [7, 11) is 0. The van der Waals surface area contributed by atoms with Crippen molar-refractivity contribution in [2.24, 2.45) is 0 Å². The molecule has 1 aliphatic rings. The lowest BCUT2D eigenvalue weighted by Gasteiger charge is -2.06. The van der Waals surface area contributed by atoms with Gasteiger partial charge in [-0.2, -0.15) is 9.50 Å². The monoisotopic (exact) mass is 268 g/mol. The molecule has 4 rings (SSSR count). The van der Waals surface area contributed by atoms with Crippen LogP contribution < -0.4 is 10.3 Å². The number of H-pyrrole nitrogens is 1. The summed E-state index contributed by atoms with van der Waals surface area (Å²) in [5, 5.41) is 3.86. The fraction of sp³-hybridized carbons (Fsp3) is 0.214. The first kappa shape index (κ1) is 11.2. The highest BCUT2D eigenvalue weighted by Crippen LogP contribution is 2.41. The Bertz CT molecular complexity index is 832. The highest BCUT2D eigenvalue weighted by atomic mass is 16.5. The van der Waals surface area contributed by atoms with E-state index in [-0.39, 0.29) is 11.3 Å². The molecule has 1 aromatic carbocycles. The van der Waals surface area contributed by atoms with E-state index in [2.05, 4.69) is 21.1 Å². The Kier molecular flexibility index (Phi) is 2.35. The van der Waals surface area contributed by atoms with E-state index in [9.17, 15) is 4.79 Å². The van der Waals surface area contributed by atoms with Crippen LogP contribution in [0.3, 0.4) is 0 Å².